The molecule has 2 aromatic carbocycles. The van der Waals surface area contributed by atoms with Crippen LogP contribution in [0.3, 0.4) is 0 Å². The van der Waals surface area contributed by atoms with Crippen molar-refractivity contribution in [3.63, 3.8) is 0 Å². The van der Waals surface area contributed by atoms with E-state index in [0.29, 0.717) is 0 Å². The van der Waals surface area contributed by atoms with Gasteiger partial charge in [0.05, 0.1) is 25.8 Å². The third kappa shape index (κ3) is 2.67. The first-order chi connectivity index (χ1) is 9.60. The number of halogens is 1. The second-order valence-electron chi connectivity index (χ2n) is 4.51. The lowest BCUT2D eigenvalue weighted by Gasteiger charge is -2.21. The van der Waals surface area contributed by atoms with Crippen molar-refractivity contribution in [2.45, 2.75) is 13.0 Å². The molecule has 0 saturated heterocycles. The maximum absolute atomic E-state index is 6.46. The van der Waals surface area contributed by atoms with Gasteiger partial charge in [-0.25, -0.2) is 0 Å². The Morgan fingerprint density at radius 3 is 2.10 bits per heavy atom. The Kier molecular flexibility index (Phi) is 4.68. The minimum absolute atomic E-state index is 0.307. The summed E-state index contributed by atoms with van der Waals surface area (Å²) in [5.74, 6) is 1.47. The normalized spacial score (nSPS) is 12.1. The van der Waals surface area contributed by atoms with Gasteiger partial charge in [0.15, 0.2) is 0 Å². The number of ether oxygens (including phenoxy) is 2. The third-order valence-corrected chi connectivity index (χ3v) is 4.28. The SMILES string of the molecule is COc1cccc(OC)c1C(N)c1cccc(Br)c1C. The van der Waals surface area contributed by atoms with Gasteiger partial charge in [-0.05, 0) is 36.2 Å². The molecule has 0 radical (unpaired) electrons. The first-order valence-electron chi connectivity index (χ1n) is 6.31. The van der Waals surface area contributed by atoms with Crippen LogP contribution in [0.5, 0.6) is 11.5 Å². The molecule has 0 aliphatic heterocycles. The number of methoxy groups -OCH3 is 2. The lowest BCUT2D eigenvalue weighted by Crippen LogP contribution is -2.15. The molecule has 4 heteroatoms. The first-order valence-corrected chi connectivity index (χ1v) is 7.11. The molecule has 1 unspecified atom stereocenters. The van der Waals surface area contributed by atoms with Gasteiger partial charge in [-0.1, -0.05) is 34.1 Å². The Morgan fingerprint density at radius 1 is 1.00 bits per heavy atom. The van der Waals surface area contributed by atoms with Crippen molar-refractivity contribution in [3.8, 4) is 11.5 Å². The predicted octanol–water partition coefficient (Wildman–Crippen LogP) is 3.82. The second-order valence-corrected chi connectivity index (χ2v) is 5.36. The van der Waals surface area contributed by atoms with E-state index in [1.165, 1.54) is 0 Å². The Hall–Kier alpha value is -1.52. The van der Waals surface area contributed by atoms with Gasteiger partial charge in [0.25, 0.3) is 0 Å². The summed E-state index contributed by atoms with van der Waals surface area (Å²) < 4.78 is 11.9. The van der Waals surface area contributed by atoms with Gasteiger partial charge in [-0.2, -0.15) is 0 Å². The predicted molar refractivity (Wildman–Crippen MR) is 84.5 cm³/mol. The van der Waals surface area contributed by atoms with Crippen molar-refractivity contribution in [1.29, 1.82) is 0 Å². The molecule has 0 aliphatic rings. The Balaban J connectivity index is 2.58. The molecule has 2 N–H and O–H groups in total. The van der Waals surface area contributed by atoms with E-state index < -0.39 is 0 Å². The Morgan fingerprint density at radius 2 is 1.55 bits per heavy atom. The highest BCUT2D eigenvalue weighted by Gasteiger charge is 2.21. The van der Waals surface area contributed by atoms with Gasteiger partial charge >= 0.3 is 0 Å². The Bertz CT molecular complexity index is 591. The zero-order valence-corrected chi connectivity index (χ0v) is 13.4. The summed E-state index contributed by atoms with van der Waals surface area (Å²) in [6.07, 6.45) is 0. The summed E-state index contributed by atoms with van der Waals surface area (Å²) >= 11 is 3.54. The highest BCUT2D eigenvalue weighted by molar-refractivity contribution is 9.10. The number of hydrogen-bond acceptors (Lipinski definition) is 3. The van der Waals surface area contributed by atoms with E-state index in [9.17, 15) is 0 Å². The monoisotopic (exact) mass is 335 g/mol. The van der Waals surface area contributed by atoms with Crippen LogP contribution in [-0.2, 0) is 0 Å². The van der Waals surface area contributed by atoms with E-state index in [-0.39, 0.29) is 6.04 Å². The minimum Gasteiger partial charge on any atom is -0.496 e. The quantitative estimate of drug-likeness (QED) is 0.923. The van der Waals surface area contributed by atoms with E-state index in [0.717, 1.165) is 32.7 Å². The van der Waals surface area contributed by atoms with Crippen LogP contribution in [0.2, 0.25) is 0 Å². The van der Waals surface area contributed by atoms with E-state index >= 15 is 0 Å². The summed E-state index contributed by atoms with van der Waals surface area (Å²) in [6, 6.07) is 11.4. The fourth-order valence-electron chi connectivity index (χ4n) is 2.30. The Labute approximate surface area is 127 Å². The summed E-state index contributed by atoms with van der Waals surface area (Å²) in [6.45, 7) is 2.04. The van der Waals surface area contributed by atoms with Crippen LogP contribution >= 0.6 is 15.9 Å². The van der Waals surface area contributed by atoms with E-state index in [1.807, 2.05) is 43.3 Å². The van der Waals surface area contributed by atoms with Gasteiger partial charge in [0.1, 0.15) is 11.5 Å². The fourth-order valence-corrected chi connectivity index (χ4v) is 2.68. The van der Waals surface area contributed by atoms with Crippen LogP contribution in [0, 0.1) is 6.92 Å². The van der Waals surface area contributed by atoms with Crippen molar-refractivity contribution < 1.29 is 9.47 Å². The lowest BCUT2D eigenvalue weighted by molar-refractivity contribution is 0.382. The summed E-state index contributed by atoms with van der Waals surface area (Å²) in [4.78, 5) is 0. The van der Waals surface area contributed by atoms with Crippen molar-refractivity contribution in [2.24, 2.45) is 5.73 Å². The summed E-state index contributed by atoms with van der Waals surface area (Å²) in [5.41, 5.74) is 9.48. The van der Waals surface area contributed by atoms with Gasteiger partial charge in [-0.3, -0.25) is 0 Å². The molecule has 20 heavy (non-hydrogen) atoms. The second kappa shape index (κ2) is 6.29. The molecule has 0 saturated carbocycles. The molecule has 2 rings (SSSR count). The van der Waals surface area contributed by atoms with Crippen LogP contribution in [-0.4, -0.2) is 14.2 Å². The van der Waals surface area contributed by atoms with Gasteiger partial charge in [-0.15, -0.1) is 0 Å². The molecule has 106 valence electrons. The van der Waals surface area contributed by atoms with E-state index in [1.54, 1.807) is 14.2 Å². The van der Waals surface area contributed by atoms with Gasteiger partial charge in [0, 0.05) is 4.47 Å². The van der Waals surface area contributed by atoms with Crippen LogP contribution in [0.25, 0.3) is 0 Å². The van der Waals surface area contributed by atoms with Crippen LogP contribution in [0.4, 0.5) is 0 Å². The van der Waals surface area contributed by atoms with Crippen LogP contribution in [0.1, 0.15) is 22.7 Å². The molecule has 0 amide bonds. The van der Waals surface area contributed by atoms with Crippen molar-refractivity contribution in [2.75, 3.05) is 14.2 Å². The third-order valence-electron chi connectivity index (χ3n) is 3.42. The lowest BCUT2D eigenvalue weighted by atomic mass is 9.94. The maximum atomic E-state index is 6.46. The number of hydrogen-bond donors (Lipinski definition) is 1. The molecular formula is C16H18BrNO2. The van der Waals surface area contributed by atoms with Crippen molar-refractivity contribution >= 4 is 15.9 Å². The highest BCUT2D eigenvalue weighted by atomic mass is 79.9. The standard InChI is InChI=1S/C16H18BrNO2/c1-10-11(6-4-7-12(10)17)16(18)15-13(19-2)8-5-9-14(15)20-3/h4-9,16H,18H2,1-3H3. The molecule has 3 nitrogen and oxygen atoms in total. The molecule has 0 aliphatic carbocycles. The van der Waals surface area contributed by atoms with Crippen LogP contribution in [0.15, 0.2) is 40.9 Å². The molecule has 0 fully saturated rings. The van der Waals surface area contributed by atoms with Crippen molar-refractivity contribution in [3.05, 3.63) is 57.6 Å². The number of rotatable bonds is 4. The molecule has 1 atom stereocenters. The molecule has 0 heterocycles. The largest absolute Gasteiger partial charge is 0.496 e. The summed E-state index contributed by atoms with van der Waals surface area (Å²) in [5, 5.41) is 0. The van der Waals surface area contributed by atoms with Crippen molar-refractivity contribution in [1.82, 2.24) is 0 Å². The topological polar surface area (TPSA) is 44.5 Å². The zero-order chi connectivity index (χ0) is 14.7. The maximum Gasteiger partial charge on any atom is 0.127 e. The first kappa shape index (κ1) is 14.9. The molecule has 0 bridgehead atoms. The molecule has 0 spiro atoms. The highest BCUT2D eigenvalue weighted by Crippen LogP contribution is 2.37. The van der Waals surface area contributed by atoms with Crippen LogP contribution < -0.4 is 15.2 Å². The smallest absolute Gasteiger partial charge is 0.127 e. The van der Waals surface area contributed by atoms with E-state index in [2.05, 4.69) is 15.9 Å². The summed E-state index contributed by atoms with van der Waals surface area (Å²) in [7, 11) is 3.28. The molecule has 2 aromatic rings. The average molecular weight is 336 g/mol. The minimum atomic E-state index is -0.307. The number of nitrogens with two attached hydrogens (primary N) is 1. The fraction of sp³-hybridized carbons (Fsp3) is 0.250. The van der Waals surface area contributed by atoms with Gasteiger partial charge in [0.2, 0.25) is 0 Å². The molecule has 0 aromatic heterocycles. The van der Waals surface area contributed by atoms with E-state index in [4.69, 9.17) is 15.2 Å². The molecular weight excluding hydrogens is 318 g/mol. The van der Waals surface area contributed by atoms with Gasteiger partial charge < -0.3 is 15.2 Å². The zero-order valence-electron chi connectivity index (χ0n) is 11.8. The average Bonchev–Trinajstić information content (AvgIpc) is 2.48. The number of benzene rings is 2.